The van der Waals surface area contributed by atoms with Crippen molar-refractivity contribution in [1.82, 2.24) is 14.7 Å². The number of nitrogens with one attached hydrogen (secondary N) is 1. The van der Waals surface area contributed by atoms with Crippen LogP contribution in [0, 0.1) is 12.8 Å². The standard InChI is InChI=1S/C27H30N4O4/c1-17(2)25-22(15-28-31(25)21-7-4-18(3)5-8-21)27(33)30-12-10-19(11-13-30)26(32)29-20-6-9-23-24(14-20)35-16-34-23/h4-9,14-15,17,19H,10-13,16H2,1-3H3,(H,29,32). The normalized spacial score (nSPS) is 15.5. The summed E-state index contributed by atoms with van der Waals surface area (Å²) in [5, 5.41) is 7.53. The highest BCUT2D eigenvalue weighted by Crippen LogP contribution is 2.34. The number of fused-ring (bicyclic) bond motifs is 1. The van der Waals surface area contributed by atoms with Gasteiger partial charge in [0.15, 0.2) is 11.5 Å². The van der Waals surface area contributed by atoms with Crippen LogP contribution in [0.4, 0.5) is 5.69 Å². The molecule has 5 rings (SSSR count). The fourth-order valence-corrected chi connectivity index (χ4v) is 4.70. The third-order valence-corrected chi connectivity index (χ3v) is 6.66. The number of piperidine rings is 1. The molecule has 0 unspecified atom stereocenters. The van der Waals surface area contributed by atoms with Gasteiger partial charge in [-0.3, -0.25) is 9.59 Å². The van der Waals surface area contributed by atoms with Crippen LogP contribution < -0.4 is 14.8 Å². The molecule has 1 fully saturated rings. The van der Waals surface area contributed by atoms with Crippen molar-refractivity contribution in [3.8, 4) is 17.2 Å². The van der Waals surface area contributed by atoms with Crippen molar-refractivity contribution in [2.75, 3.05) is 25.2 Å². The predicted octanol–water partition coefficient (Wildman–Crippen LogP) is 4.52. The molecule has 8 heteroatoms. The van der Waals surface area contributed by atoms with Gasteiger partial charge in [-0.2, -0.15) is 5.10 Å². The number of hydrogen-bond donors (Lipinski definition) is 1. The van der Waals surface area contributed by atoms with Crippen molar-refractivity contribution in [1.29, 1.82) is 0 Å². The molecule has 2 amide bonds. The highest BCUT2D eigenvalue weighted by Gasteiger charge is 2.31. The lowest BCUT2D eigenvalue weighted by Gasteiger charge is -2.31. The van der Waals surface area contributed by atoms with Crippen molar-refractivity contribution in [3.05, 3.63) is 65.5 Å². The van der Waals surface area contributed by atoms with E-state index < -0.39 is 0 Å². The summed E-state index contributed by atoms with van der Waals surface area (Å²) in [6.07, 6.45) is 2.91. The van der Waals surface area contributed by atoms with Gasteiger partial charge in [0.25, 0.3) is 5.91 Å². The number of anilines is 1. The first kappa shape index (κ1) is 23.0. The highest BCUT2D eigenvalue weighted by molar-refractivity contribution is 5.96. The molecule has 0 radical (unpaired) electrons. The molecule has 8 nitrogen and oxygen atoms in total. The van der Waals surface area contributed by atoms with Gasteiger partial charge in [-0.25, -0.2) is 4.68 Å². The van der Waals surface area contributed by atoms with E-state index in [9.17, 15) is 9.59 Å². The lowest BCUT2D eigenvalue weighted by molar-refractivity contribution is -0.121. The summed E-state index contributed by atoms with van der Waals surface area (Å²) in [5.74, 6) is 1.23. The Morgan fingerprint density at radius 1 is 1.03 bits per heavy atom. The quantitative estimate of drug-likeness (QED) is 0.588. The Hall–Kier alpha value is -3.81. The van der Waals surface area contributed by atoms with Gasteiger partial charge in [0, 0.05) is 30.8 Å². The number of carbonyl (C=O) groups is 2. The molecule has 3 aromatic rings. The van der Waals surface area contributed by atoms with Crippen LogP contribution >= 0.6 is 0 Å². The topological polar surface area (TPSA) is 85.7 Å². The van der Waals surface area contributed by atoms with Gasteiger partial charge in [-0.1, -0.05) is 31.5 Å². The maximum absolute atomic E-state index is 13.4. The van der Waals surface area contributed by atoms with E-state index >= 15 is 0 Å². The number of rotatable bonds is 5. The predicted molar refractivity (Wildman–Crippen MR) is 132 cm³/mol. The number of hydrogen-bond acceptors (Lipinski definition) is 5. The third-order valence-electron chi connectivity index (χ3n) is 6.66. The van der Waals surface area contributed by atoms with E-state index in [4.69, 9.17) is 9.47 Å². The van der Waals surface area contributed by atoms with Crippen LogP contribution in [-0.2, 0) is 4.79 Å². The summed E-state index contributed by atoms with van der Waals surface area (Å²) in [6.45, 7) is 7.46. The van der Waals surface area contributed by atoms with E-state index in [1.165, 1.54) is 5.56 Å². The number of amides is 2. The molecule has 0 saturated carbocycles. The zero-order chi connectivity index (χ0) is 24.5. The first-order valence-electron chi connectivity index (χ1n) is 12.1. The summed E-state index contributed by atoms with van der Waals surface area (Å²) < 4.78 is 12.6. The molecule has 2 aliphatic heterocycles. The Labute approximate surface area is 204 Å². The number of ether oxygens (including phenoxy) is 2. The number of carbonyl (C=O) groups excluding carboxylic acids is 2. The van der Waals surface area contributed by atoms with Crippen molar-refractivity contribution in [2.45, 2.75) is 39.5 Å². The van der Waals surface area contributed by atoms with Crippen molar-refractivity contribution in [2.24, 2.45) is 5.92 Å². The van der Waals surface area contributed by atoms with E-state index in [0.717, 1.165) is 11.4 Å². The molecule has 3 heterocycles. The Kier molecular flexibility index (Phi) is 6.19. The lowest BCUT2D eigenvalue weighted by Crippen LogP contribution is -2.41. The third kappa shape index (κ3) is 4.60. The Morgan fingerprint density at radius 2 is 1.74 bits per heavy atom. The second kappa shape index (κ2) is 9.44. The summed E-state index contributed by atoms with van der Waals surface area (Å²) in [7, 11) is 0. The van der Waals surface area contributed by atoms with Crippen LogP contribution in [-0.4, -0.2) is 46.4 Å². The smallest absolute Gasteiger partial charge is 0.257 e. The van der Waals surface area contributed by atoms with Gasteiger partial charge in [0.2, 0.25) is 12.7 Å². The van der Waals surface area contributed by atoms with Gasteiger partial charge in [-0.05, 0) is 49.9 Å². The van der Waals surface area contributed by atoms with Gasteiger partial charge >= 0.3 is 0 Å². The highest BCUT2D eigenvalue weighted by atomic mass is 16.7. The Balaban J connectivity index is 1.24. The fraction of sp³-hybridized carbons (Fsp3) is 0.370. The van der Waals surface area contributed by atoms with Crippen LogP contribution in [0.5, 0.6) is 11.5 Å². The molecular formula is C27H30N4O4. The number of nitrogens with zero attached hydrogens (tertiary/aromatic N) is 3. The summed E-state index contributed by atoms with van der Waals surface area (Å²) in [5.41, 5.74) is 4.33. The summed E-state index contributed by atoms with van der Waals surface area (Å²) in [6, 6.07) is 13.5. The minimum atomic E-state index is -0.149. The summed E-state index contributed by atoms with van der Waals surface area (Å²) in [4.78, 5) is 28.1. The number of benzene rings is 2. The molecule has 182 valence electrons. The first-order chi connectivity index (χ1) is 16.9. The van der Waals surface area contributed by atoms with Gasteiger partial charge < -0.3 is 19.7 Å². The average Bonchev–Trinajstić information content (AvgIpc) is 3.51. The zero-order valence-electron chi connectivity index (χ0n) is 20.3. The number of aryl methyl sites for hydroxylation is 1. The van der Waals surface area contributed by atoms with Crippen LogP contribution in [0.15, 0.2) is 48.7 Å². The molecule has 0 spiro atoms. The minimum absolute atomic E-state index is 0.0262. The molecule has 1 saturated heterocycles. The van der Waals surface area contributed by atoms with Gasteiger partial charge in [-0.15, -0.1) is 0 Å². The Bertz CT molecular complexity index is 1240. The van der Waals surface area contributed by atoms with Crippen LogP contribution in [0.25, 0.3) is 5.69 Å². The van der Waals surface area contributed by atoms with Gasteiger partial charge in [0.05, 0.1) is 23.1 Å². The molecule has 0 atom stereocenters. The molecule has 1 aromatic heterocycles. The number of likely N-dealkylation sites (tertiary alicyclic amines) is 1. The van der Waals surface area contributed by atoms with Crippen LogP contribution in [0.3, 0.4) is 0 Å². The largest absolute Gasteiger partial charge is 0.454 e. The van der Waals surface area contributed by atoms with Crippen LogP contribution in [0.2, 0.25) is 0 Å². The average molecular weight is 475 g/mol. The van der Waals surface area contributed by atoms with E-state index in [2.05, 4.69) is 24.3 Å². The fourth-order valence-electron chi connectivity index (χ4n) is 4.70. The minimum Gasteiger partial charge on any atom is -0.454 e. The monoisotopic (exact) mass is 474 g/mol. The van der Waals surface area contributed by atoms with Crippen molar-refractivity contribution < 1.29 is 19.1 Å². The van der Waals surface area contributed by atoms with E-state index in [0.29, 0.717) is 48.7 Å². The molecule has 0 bridgehead atoms. The SMILES string of the molecule is Cc1ccc(-n2ncc(C(=O)N3CCC(C(=O)Nc4ccc5c(c4)OCO5)CC3)c2C(C)C)cc1. The zero-order valence-corrected chi connectivity index (χ0v) is 20.3. The van der Waals surface area contributed by atoms with Crippen molar-refractivity contribution in [3.63, 3.8) is 0 Å². The second-order valence-corrected chi connectivity index (χ2v) is 9.47. The lowest BCUT2D eigenvalue weighted by atomic mass is 9.95. The molecule has 1 N–H and O–H groups in total. The summed E-state index contributed by atoms with van der Waals surface area (Å²) >= 11 is 0. The maximum atomic E-state index is 13.4. The second-order valence-electron chi connectivity index (χ2n) is 9.47. The van der Waals surface area contributed by atoms with Crippen molar-refractivity contribution >= 4 is 17.5 Å². The molecule has 2 aliphatic rings. The molecule has 0 aliphatic carbocycles. The van der Waals surface area contributed by atoms with E-state index in [1.54, 1.807) is 18.3 Å². The van der Waals surface area contributed by atoms with Crippen LogP contribution in [0.1, 0.15) is 54.2 Å². The molecular weight excluding hydrogens is 444 g/mol. The van der Waals surface area contributed by atoms with E-state index in [-0.39, 0.29) is 30.4 Å². The number of aromatic nitrogens is 2. The molecule has 2 aromatic carbocycles. The van der Waals surface area contributed by atoms with E-state index in [1.807, 2.05) is 46.8 Å². The first-order valence-corrected chi connectivity index (χ1v) is 12.1. The maximum Gasteiger partial charge on any atom is 0.257 e. The Morgan fingerprint density at radius 3 is 2.46 bits per heavy atom. The molecule has 35 heavy (non-hydrogen) atoms. The van der Waals surface area contributed by atoms with Gasteiger partial charge in [0.1, 0.15) is 0 Å².